The standard InChI is InChI=1S/C60H83N11O15/c1-35(65-56(80)47(25-15-17-31-63-38(4)72)68-49(73)29-27-45(51(61)75)71-55(79)37(3)67-59(83)86-60(5,6)7)53(77)64-32-18-16-26-48(57(81)84-33-39-19-9-8-10-20-39)69-50(74)30-28-46(52(62)76)70-54(78)36(2)66-58(82)85-34-44-42-23-13-11-21-40(42)41-22-12-14-24-43(41)44/h8-14,19-24,35-37,44-48H,15-18,25-34H2,1-7H3,(H2,61,75)(H2,62,76)(H,63,72)(H,64,77)(H,65,80)(H,66,82)(H,67,83)(H,68,73)(H,69,74)(H,70,78)(H,71,79)/t35-,36+,37+,45+,46+,47+,48+/m1/s1. The number of fused-ring (bicyclic) bond motifs is 3. The van der Waals surface area contributed by atoms with Crippen LogP contribution in [0.2, 0.25) is 0 Å². The smallest absolute Gasteiger partial charge is 0.408 e. The van der Waals surface area contributed by atoms with Gasteiger partial charge in [-0.2, -0.15) is 0 Å². The summed E-state index contributed by atoms with van der Waals surface area (Å²) in [5, 5.41) is 22.9. The minimum atomic E-state index is -1.34. The number of carbonyl (C=O) groups excluding carboxylic acids is 12. The number of esters is 1. The molecule has 0 fully saturated rings. The molecule has 0 spiro atoms. The highest BCUT2D eigenvalue weighted by molar-refractivity contribution is 5.94. The van der Waals surface area contributed by atoms with Crippen molar-refractivity contribution in [3.8, 4) is 11.1 Å². The number of unbranched alkanes of at least 4 members (excludes halogenated alkanes) is 2. The molecule has 26 nitrogen and oxygen atoms in total. The first-order valence-electron chi connectivity index (χ1n) is 28.6. The lowest BCUT2D eigenvalue weighted by Gasteiger charge is -2.23. The normalized spacial score (nSPS) is 14.0. The lowest BCUT2D eigenvalue weighted by atomic mass is 9.98. The average Bonchev–Trinajstić information content (AvgIpc) is 2.28. The Morgan fingerprint density at radius 3 is 1.47 bits per heavy atom. The fraction of sp³-hybridized carbons (Fsp3) is 0.500. The van der Waals surface area contributed by atoms with Crippen molar-refractivity contribution in [2.45, 2.75) is 173 Å². The topological polar surface area (TPSA) is 393 Å². The largest absolute Gasteiger partial charge is 0.459 e. The van der Waals surface area contributed by atoms with Crippen molar-refractivity contribution < 1.29 is 71.7 Å². The van der Waals surface area contributed by atoms with Crippen LogP contribution in [0.25, 0.3) is 11.1 Å². The Hall–Kier alpha value is -9.10. The summed E-state index contributed by atoms with van der Waals surface area (Å²) >= 11 is 0. The molecule has 3 aromatic carbocycles. The summed E-state index contributed by atoms with van der Waals surface area (Å²) in [6, 6.07) is 16.0. The number of hydrogen-bond donors (Lipinski definition) is 11. The van der Waals surface area contributed by atoms with Gasteiger partial charge in [-0.1, -0.05) is 78.9 Å². The summed E-state index contributed by atoms with van der Waals surface area (Å²) in [4.78, 5) is 154. The minimum Gasteiger partial charge on any atom is -0.459 e. The predicted molar refractivity (Wildman–Crippen MR) is 314 cm³/mol. The Kier molecular flexibility index (Phi) is 27.9. The van der Waals surface area contributed by atoms with Gasteiger partial charge in [-0.05, 0) is 121 Å². The number of ether oxygens (including phenoxy) is 3. The molecule has 1 aliphatic carbocycles. The monoisotopic (exact) mass is 1200 g/mol. The van der Waals surface area contributed by atoms with E-state index in [1.807, 2.05) is 48.5 Å². The van der Waals surface area contributed by atoms with Gasteiger partial charge in [-0.15, -0.1) is 0 Å². The average molecular weight is 1200 g/mol. The molecule has 7 atom stereocenters. The number of nitrogens with one attached hydrogen (secondary N) is 9. The first-order chi connectivity index (χ1) is 40.7. The predicted octanol–water partition coefficient (Wildman–Crippen LogP) is 2.14. The van der Waals surface area contributed by atoms with Crippen LogP contribution in [-0.4, -0.2) is 139 Å². The van der Waals surface area contributed by atoms with Gasteiger partial charge in [0.1, 0.15) is 61.1 Å². The number of rotatable bonds is 34. The molecule has 0 heterocycles. The molecule has 13 N–H and O–H groups in total. The molecule has 86 heavy (non-hydrogen) atoms. The summed E-state index contributed by atoms with van der Waals surface area (Å²) in [6.45, 7) is 10.7. The minimum absolute atomic E-state index is 0.00355. The Balaban J connectivity index is 1.27. The van der Waals surface area contributed by atoms with E-state index >= 15 is 0 Å². The van der Waals surface area contributed by atoms with Crippen LogP contribution in [-0.2, 0) is 68.8 Å². The van der Waals surface area contributed by atoms with Gasteiger partial charge in [-0.3, -0.25) is 43.2 Å². The maximum atomic E-state index is 13.6. The number of alkyl carbamates (subject to hydrolysis) is 2. The van der Waals surface area contributed by atoms with Crippen LogP contribution in [0, 0.1) is 0 Å². The molecule has 0 radical (unpaired) electrons. The van der Waals surface area contributed by atoms with E-state index in [2.05, 4.69) is 47.9 Å². The number of benzene rings is 3. The molecule has 0 bridgehead atoms. The maximum absolute atomic E-state index is 13.6. The number of carbonyl (C=O) groups is 12. The number of hydrogen-bond acceptors (Lipinski definition) is 15. The van der Waals surface area contributed by atoms with E-state index in [1.54, 1.807) is 51.1 Å². The van der Waals surface area contributed by atoms with Crippen LogP contribution in [0.1, 0.15) is 135 Å². The van der Waals surface area contributed by atoms with Crippen LogP contribution < -0.4 is 59.3 Å². The molecule has 1 aliphatic rings. The van der Waals surface area contributed by atoms with Crippen molar-refractivity contribution in [1.29, 1.82) is 0 Å². The van der Waals surface area contributed by atoms with E-state index in [0.717, 1.165) is 22.3 Å². The Morgan fingerprint density at radius 1 is 0.488 bits per heavy atom. The van der Waals surface area contributed by atoms with Crippen LogP contribution >= 0.6 is 0 Å². The molecule has 0 saturated carbocycles. The molecule has 26 heteroatoms. The van der Waals surface area contributed by atoms with Gasteiger partial charge >= 0.3 is 18.2 Å². The zero-order valence-corrected chi connectivity index (χ0v) is 49.8. The highest BCUT2D eigenvalue weighted by atomic mass is 16.6. The lowest BCUT2D eigenvalue weighted by molar-refractivity contribution is -0.149. The third-order valence-corrected chi connectivity index (χ3v) is 13.6. The van der Waals surface area contributed by atoms with Crippen molar-refractivity contribution in [2.24, 2.45) is 11.5 Å². The van der Waals surface area contributed by atoms with Crippen molar-refractivity contribution in [3.63, 3.8) is 0 Å². The van der Waals surface area contributed by atoms with Crippen LogP contribution in [0.4, 0.5) is 9.59 Å². The fourth-order valence-electron chi connectivity index (χ4n) is 8.98. The van der Waals surface area contributed by atoms with Gasteiger partial charge in [0, 0.05) is 38.8 Å². The van der Waals surface area contributed by atoms with Crippen molar-refractivity contribution >= 4 is 71.3 Å². The second kappa shape index (κ2) is 34.6. The summed E-state index contributed by atoms with van der Waals surface area (Å²) in [5.41, 5.74) is 15.1. The molecular weight excluding hydrogens is 1110 g/mol. The van der Waals surface area contributed by atoms with Crippen LogP contribution in [0.5, 0.6) is 0 Å². The zero-order chi connectivity index (χ0) is 63.5. The van der Waals surface area contributed by atoms with Gasteiger partial charge < -0.3 is 73.5 Å². The fourth-order valence-corrected chi connectivity index (χ4v) is 8.98. The van der Waals surface area contributed by atoms with Crippen molar-refractivity contribution in [3.05, 3.63) is 95.6 Å². The van der Waals surface area contributed by atoms with E-state index in [4.69, 9.17) is 25.7 Å². The quantitative estimate of drug-likeness (QED) is 0.0232. The highest BCUT2D eigenvalue weighted by Gasteiger charge is 2.32. The molecule has 3 aromatic rings. The Labute approximate surface area is 500 Å². The lowest BCUT2D eigenvalue weighted by Crippen LogP contribution is -2.53. The molecular formula is C60H83N11O15. The van der Waals surface area contributed by atoms with Gasteiger partial charge in [0.2, 0.25) is 53.2 Å². The van der Waals surface area contributed by atoms with Crippen LogP contribution in [0.3, 0.4) is 0 Å². The van der Waals surface area contributed by atoms with Gasteiger partial charge in [0.15, 0.2) is 0 Å². The molecule has 468 valence electrons. The SMILES string of the molecule is CC(=O)NCCCC[C@H](NC(=O)CC[C@H](NC(=O)[C@H](C)NC(=O)OC(C)(C)C)C(N)=O)C(=O)N[C@H](C)C(=O)NCCCC[C@H](NC(=O)CC[C@H](NC(=O)[C@H](C)NC(=O)OCC1c2ccccc2-c2ccccc21)C(N)=O)C(=O)OCc1ccccc1. The summed E-state index contributed by atoms with van der Waals surface area (Å²) in [7, 11) is 0. The molecule has 0 unspecified atom stereocenters. The van der Waals surface area contributed by atoms with E-state index in [9.17, 15) is 57.5 Å². The van der Waals surface area contributed by atoms with Gasteiger partial charge in [-0.25, -0.2) is 14.4 Å². The molecule has 0 aromatic heterocycles. The van der Waals surface area contributed by atoms with Crippen molar-refractivity contribution in [2.75, 3.05) is 19.7 Å². The Morgan fingerprint density at radius 2 is 0.953 bits per heavy atom. The highest BCUT2D eigenvalue weighted by Crippen LogP contribution is 2.44. The first-order valence-corrected chi connectivity index (χ1v) is 28.6. The molecule has 11 amide bonds. The second-order valence-electron chi connectivity index (χ2n) is 21.9. The van der Waals surface area contributed by atoms with E-state index < -0.39 is 113 Å². The molecule has 0 saturated heterocycles. The third kappa shape index (κ3) is 24.2. The van der Waals surface area contributed by atoms with Gasteiger partial charge in [0.05, 0.1) is 0 Å². The molecule has 0 aliphatic heterocycles. The summed E-state index contributed by atoms with van der Waals surface area (Å²) < 4.78 is 16.2. The van der Waals surface area contributed by atoms with E-state index in [0.29, 0.717) is 31.4 Å². The van der Waals surface area contributed by atoms with Crippen LogP contribution in [0.15, 0.2) is 78.9 Å². The molecule has 4 rings (SSSR count). The van der Waals surface area contributed by atoms with E-state index in [-0.39, 0.29) is 76.5 Å². The number of nitrogens with two attached hydrogens (primary N) is 2. The zero-order valence-electron chi connectivity index (χ0n) is 49.8. The maximum Gasteiger partial charge on any atom is 0.408 e. The first kappa shape index (κ1) is 69.4. The Bertz CT molecular complexity index is 2820. The number of amides is 11. The van der Waals surface area contributed by atoms with E-state index in [1.165, 1.54) is 27.7 Å². The number of primary amides is 2. The second-order valence-corrected chi connectivity index (χ2v) is 21.9. The summed E-state index contributed by atoms with van der Waals surface area (Å²) in [6.07, 6.45) is -1.48. The van der Waals surface area contributed by atoms with Gasteiger partial charge in [0.25, 0.3) is 0 Å². The summed E-state index contributed by atoms with van der Waals surface area (Å²) in [5.74, 6) is -7.34. The van der Waals surface area contributed by atoms with Crippen molar-refractivity contribution in [1.82, 2.24) is 47.9 Å². The third-order valence-electron chi connectivity index (χ3n) is 13.6.